The number of rotatable bonds is 0. The minimum absolute atomic E-state index is 0.380. The van der Waals surface area contributed by atoms with Crippen LogP contribution in [-0.2, 0) is 0 Å². The summed E-state index contributed by atoms with van der Waals surface area (Å²) in [7, 11) is 0. The van der Waals surface area contributed by atoms with E-state index in [-0.39, 0.29) is 0 Å². The van der Waals surface area contributed by atoms with Gasteiger partial charge in [-0.3, -0.25) is 0 Å². The third-order valence-corrected chi connectivity index (χ3v) is 3.07. The minimum Gasteiger partial charge on any atom is -0.0943 e. The molecule has 3 rings (SSSR count). The van der Waals surface area contributed by atoms with Crippen molar-refractivity contribution in [2.45, 2.75) is 0 Å². The van der Waals surface area contributed by atoms with Gasteiger partial charge in [0.25, 0.3) is 0 Å². The number of hydrogen-bond acceptors (Lipinski definition) is 0. The molecule has 2 aliphatic carbocycles. The molecule has 0 saturated carbocycles. The Morgan fingerprint density at radius 2 is 1.93 bits per heavy atom. The van der Waals surface area contributed by atoms with Crippen molar-refractivity contribution in [3.8, 4) is 0 Å². The lowest BCUT2D eigenvalue weighted by Crippen LogP contribution is -2.09. The summed E-state index contributed by atoms with van der Waals surface area (Å²) in [5, 5.41) is 0. The van der Waals surface area contributed by atoms with Crippen LogP contribution in [0.4, 0.5) is 0 Å². The van der Waals surface area contributed by atoms with E-state index < -0.39 is 0 Å². The first kappa shape index (κ1) is 8.49. The Bertz CT molecular complexity index is 513. The zero-order valence-electron chi connectivity index (χ0n) is 8.48. The molecule has 0 N–H and O–H groups in total. The molecule has 0 spiro atoms. The van der Waals surface area contributed by atoms with Crippen molar-refractivity contribution in [1.82, 2.24) is 0 Å². The van der Waals surface area contributed by atoms with Crippen molar-refractivity contribution in [1.29, 1.82) is 0 Å². The van der Waals surface area contributed by atoms with E-state index in [2.05, 4.69) is 61.2 Å². The Morgan fingerprint density at radius 3 is 2.87 bits per heavy atom. The van der Waals surface area contributed by atoms with Crippen LogP contribution in [0.25, 0.3) is 11.6 Å². The van der Waals surface area contributed by atoms with Crippen LogP contribution < -0.4 is 0 Å². The van der Waals surface area contributed by atoms with E-state index in [9.17, 15) is 0 Å². The molecule has 0 fully saturated rings. The van der Waals surface area contributed by atoms with Crippen LogP contribution in [0.2, 0.25) is 0 Å². The van der Waals surface area contributed by atoms with Crippen LogP contribution >= 0.6 is 0 Å². The maximum Gasteiger partial charge on any atom is 0.0273 e. The molecule has 1 unspecified atom stereocenters. The molecule has 72 valence electrons. The second-order valence-corrected chi connectivity index (χ2v) is 3.98. The van der Waals surface area contributed by atoms with E-state index in [0.717, 1.165) is 0 Å². The van der Waals surface area contributed by atoms with Gasteiger partial charge in [0.2, 0.25) is 0 Å². The van der Waals surface area contributed by atoms with E-state index in [1.54, 1.807) is 0 Å². The topological polar surface area (TPSA) is 0 Å². The molecule has 0 heteroatoms. The molecule has 0 saturated heterocycles. The van der Waals surface area contributed by atoms with Gasteiger partial charge in [0.1, 0.15) is 0 Å². The van der Waals surface area contributed by atoms with Gasteiger partial charge >= 0.3 is 0 Å². The molecule has 0 heterocycles. The molecule has 1 atom stereocenters. The number of hydrogen-bond donors (Lipinski definition) is 0. The fraction of sp³-hybridized carbons (Fsp3) is 0.0667. The van der Waals surface area contributed by atoms with Gasteiger partial charge in [-0.05, 0) is 22.3 Å². The molecule has 2 aliphatic rings. The van der Waals surface area contributed by atoms with E-state index in [1.165, 1.54) is 22.3 Å². The summed E-state index contributed by atoms with van der Waals surface area (Å²) in [5.74, 6) is 0.380. The largest absolute Gasteiger partial charge is 0.0943 e. The lowest BCUT2D eigenvalue weighted by Gasteiger charge is -2.26. The van der Waals surface area contributed by atoms with Gasteiger partial charge in [-0.1, -0.05) is 61.2 Å². The Balaban J connectivity index is 2.23. The summed E-state index contributed by atoms with van der Waals surface area (Å²) in [6, 6.07) is 8.45. The van der Waals surface area contributed by atoms with E-state index in [4.69, 9.17) is 0 Å². The SMILES string of the molecule is C=C1c2ccccc2C=C2C=CC=CC12. The number of fused-ring (bicyclic) bond motifs is 2. The molecule has 0 aliphatic heterocycles. The maximum atomic E-state index is 4.21. The summed E-state index contributed by atoms with van der Waals surface area (Å²) in [6.07, 6.45) is 10.8. The summed E-state index contributed by atoms with van der Waals surface area (Å²) in [4.78, 5) is 0. The first-order valence-electron chi connectivity index (χ1n) is 5.21. The van der Waals surface area contributed by atoms with Crippen molar-refractivity contribution < 1.29 is 0 Å². The van der Waals surface area contributed by atoms with Crippen LogP contribution in [0.5, 0.6) is 0 Å². The van der Waals surface area contributed by atoms with E-state index >= 15 is 0 Å². The molecule has 0 radical (unpaired) electrons. The van der Waals surface area contributed by atoms with Gasteiger partial charge < -0.3 is 0 Å². The van der Waals surface area contributed by atoms with Gasteiger partial charge in [0.15, 0.2) is 0 Å². The molecule has 15 heavy (non-hydrogen) atoms. The Morgan fingerprint density at radius 1 is 1.07 bits per heavy atom. The van der Waals surface area contributed by atoms with Gasteiger partial charge in [-0.2, -0.15) is 0 Å². The zero-order chi connectivity index (χ0) is 10.3. The lowest BCUT2D eigenvalue weighted by atomic mass is 9.78. The molecular formula is C15H12. The highest BCUT2D eigenvalue weighted by Crippen LogP contribution is 2.39. The molecule has 0 aromatic heterocycles. The second-order valence-electron chi connectivity index (χ2n) is 3.98. The predicted molar refractivity (Wildman–Crippen MR) is 65.2 cm³/mol. The van der Waals surface area contributed by atoms with Crippen LogP contribution in [0.1, 0.15) is 11.1 Å². The molecule has 0 amide bonds. The molecule has 0 bridgehead atoms. The lowest BCUT2D eigenvalue weighted by molar-refractivity contribution is 1.02. The molecule has 0 nitrogen and oxygen atoms in total. The van der Waals surface area contributed by atoms with Gasteiger partial charge in [-0.25, -0.2) is 0 Å². The Labute approximate surface area is 89.9 Å². The minimum atomic E-state index is 0.380. The van der Waals surface area contributed by atoms with Gasteiger partial charge in [0, 0.05) is 5.92 Å². The number of allylic oxidation sites excluding steroid dienone is 6. The van der Waals surface area contributed by atoms with Crippen molar-refractivity contribution in [3.63, 3.8) is 0 Å². The van der Waals surface area contributed by atoms with Crippen LogP contribution in [0.15, 0.2) is 60.7 Å². The van der Waals surface area contributed by atoms with Crippen LogP contribution in [0.3, 0.4) is 0 Å². The van der Waals surface area contributed by atoms with Crippen molar-refractivity contribution in [2.75, 3.05) is 0 Å². The Kier molecular flexibility index (Phi) is 1.75. The average Bonchev–Trinajstić information content (AvgIpc) is 2.30. The predicted octanol–water partition coefficient (Wildman–Crippen LogP) is 3.84. The summed E-state index contributed by atoms with van der Waals surface area (Å²) in [5.41, 5.74) is 5.13. The summed E-state index contributed by atoms with van der Waals surface area (Å²) >= 11 is 0. The van der Waals surface area contributed by atoms with Crippen LogP contribution in [-0.4, -0.2) is 0 Å². The van der Waals surface area contributed by atoms with Crippen molar-refractivity contribution >= 4 is 11.6 Å². The fourth-order valence-electron chi connectivity index (χ4n) is 2.27. The van der Waals surface area contributed by atoms with E-state index in [1.807, 2.05) is 0 Å². The van der Waals surface area contributed by atoms with Crippen molar-refractivity contribution in [2.24, 2.45) is 5.92 Å². The zero-order valence-corrected chi connectivity index (χ0v) is 8.48. The summed E-state index contributed by atoms with van der Waals surface area (Å²) in [6.45, 7) is 4.21. The highest BCUT2D eigenvalue weighted by atomic mass is 14.3. The normalized spacial score (nSPS) is 22.0. The molecule has 1 aromatic carbocycles. The first-order valence-corrected chi connectivity index (χ1v) is 5.21. The summed E-state index contributed by atoms with van der Waals surface area (Å²) < 4.78 is 0. The number of benzene rings is 1. The second kappa shape index (κ2) is 3.09. The maximum absolute atomic E-state index is 4.21. The smallest absolute Gasteiger partial charge is 0.0273 e. The molecule has 1 aromatic rings. The Hall–Kier alpha value is -1.82. The fourth-order valence-corrected chi connectivity index (χ4v) is 2.27. The monoisotopic (exact) mass is 192 g/mol. The third kappa shape index (κ3) is 1.22. The van der Waals surface area contributed by atoms with E-state index in [0.29, 0.717) is 5.92 Å². The highest BCUT2D eigenvalue weighted by Gasteiger charge is 2.21. The van der Waals surface area contributed by atoms with Crippen molar-refractivity contribution in [3.05, 3.63) is 71.8 Å². The molecular weight excluding hydrogens is 180 g/mol. The third-order valence-electron chi connectivity index (χ3n) is 3.07. The highest BCUT2D eigenvalue weighted by molar-refractivity contribution is 5.84. The first-order chi connectivity index (χ1) is 7.36. The van der Waals surface area contributed by atoms with Crippen LogP contribution in [0, 0.1) is 5.92 Å². The van der Waals surface area contributed by atoms with Gasteiger partial charge in [-0.15, -0.1) is 0 Å². The quantitative estimate of drug-likeness (QED) is 0.586. The average molecular weight is 192 g/mol. The standard InChI is InChI=1S/C15H12/c1-11-14-8-4-2-6-12(14)10-13-7-3-5-9-15(11)13/h2-10,14H,1H2. The van der Waals surface area contributed by atoms with Gasteiger partial charge in [0.05, 0.1) is 0 Å².